The molecule has 1 aliphatic heterocycles. The van der Waals surface area contributed by atoms with E-state index in [1.54, 1.807) is 7.11 Å². The molecule has 27 heavy (non-hydrogen) atoms. The molecule has 1 aliphatic carbocycles. The molecular weight excluding hydrogens is 340 g/mol. The number of unbranched alkanes of at least 4 members (excludes halogenated alkanes) is 1. The summed E-state index contributed by atoms with van der Waals surface area (Å²) in [6, 6.07) is 14.0. The van der Waals surface area contributed by atoms with E-state index >= 15 is 0 Å². The highest BCUT2D eigenvalue weighted by molar-refractivity contribution is 6.02. The Labute approximate surface area is 160 Å². The topological polar surface area (TPSA) is 50.8 Å². The highest BCUT2D eigenvalue weighted by Gasteiger charge is 2.42. The number of amides is 1. The second kappa shape index (κ2) is 7.51. The van der Waals surface area contributed by atoms with E-state index in [9.17, 15) is 4.79 Å². The van der Waals surface area contributed by atoms with Crippen molar-refractivity contribution in [3.63, 3.8) is 0 Å². The van der Waals surface area contributed by atoms with Crippen LogP contribution in [0.2, 0.25) is 0 Å². The minimum Gasteiger partial charge on any atom is -0.493 e. The summed E-state index contributed by atoms with van der Waals surface area (Å²) in [5.74, 6) is 1.54. The predicted molar refractivity (Wildman–Crippen MR) is 105 cm³/mol. The Hall–Kier alpha value is -2.69. The van der Waals surface area contributed by atoms with Gasteiger partial charge < -0.3 is 19.7 Å². The first-order chi connectivity index (χ1) is 13.2. The molecule has 0 aromatic heterocycles. The van der Waals surface area contributed by atoms with Gasteiger partial charge in [-0.2, -0.15) is 0 Å². The second-order valence-corrected chi connectivity index (χ2v) is 7.15. The van der Waals surface area contributed by atoms with E-state index in [0.717, 1.165) is 48.2 Å². The number of rotatable bonds is 7. The molecule has 142 valence electrons. The molecule has 1 atom stereocenters. The van der Waals surface area contributed by atoms with Crippen LogP contribution in [0.25, 0.3) is 0 Å². The summed E-state index contributed by atoms with van der Waals surface area (Å²) in [5, 5.41) is 3.55. The van der Waals surface area contributed by atoms with Gasteiger partial charge in [0.25, 0.3) is 5.91 Å². The largest absolute Gasteiger partial charge is 0.493 e. The summed E-state index contributed by atoms with van der Waals surface area (Å²) < 4.78 is 11.4. The van der Waals surface area contributed by atoms with Gasteiger partial charge in [-0.3, -0.25) is 4.79 Å². The van der Waals surface area contributed by atoms with Crippen molar-refractivity contribution in [1.29, 1.82) is 0 Å². The van der Waals surface area contributed by atoms with Crippen LogP contribution in [0.3, 0.4) is 0 Å². The maximum absolute atomic E-state index is 13.1. The van der Waals surface area contributed by atoms with Crippen LogP contribution in [0.5, 0.6) is 11.5 Å². The summed E-state index contributed by atoms with van der Waals surface area (Å²) in [7, 11) is 1.65. The fourth-order valence-electron chi connectivity index (χ4n) is 3.54. The van der Waals surface area contributed by atoms with Gasteiger partial charge in [0, 0.05) is 11.7 Å². The summed E-state index contributed by atoms with van der Waals surface area (Å²) >= 11 is 0. The second-order valence-electron chi connectivity index (χ2n) is 7.15. The Morgan fingerprint density at radius 2 is 1.96 bits per heavy atom. The molecule has 0 spiro atoms. The number of benzene rings is 2. The van der Waals surface area contributed by atoms with Crippen LogP contribution < -0.4 is 14.8 Å². The van der Waals surface area contributed by atoms with Crippen LogP contribution in [0, 0.1) is 0 Å². The van der Waals surface area contributed by atoms with Gasteiger partial charge in [0.15, 0.2) is 11.5 Å². The maximum Gasteiger partial charge on any atom is 0.258 e. The van der Waals surface area contributed by atoms with Crippen molar-refractivity contribution < 1.29 is 14.3 Å². The number of carbonyl (C=O) groups excluding carboxylic acids is 1. The minimum absolute atomic E-state index is 0.0964. The van der Waals surface area contributed by atoms with E-state index in [2.05, 4.69) is 12.2 Å². The Morgan fingerprint density at radius 1 is 1.15 bits per heavy atom. The minimum atomic E-state index is -0.196. The van der Waals surface area contributed by atoms with Gasteiger partial charge in [-0.1, -0.05) is 31.5 Å². The maximum atomic E-state index is 13.1. The Balaban J connectivity index is 1.66. The first kappa shape index (κ1) is 17.7. The van der Waals surface area contributed by atoms with Gasteiger partial charge >= 0.3 is 0 Å². The normalized spacial score (nSPS) is 18.7. The molecule has 0 bridgehead atoms. The third kappa shape index (κ3) is 3.46. The monoisotopic (exact) mass is 366 g/mol. The number of nitrogens with one attached hydrogen (secondary N) is 1. The first-order valence-electron chi connectivity index (χ1n) is 9.72. The average Bonchev–Trinajstić information content (AvgIpc) is 3.53. The van der Waals surface area contributed by atoms with E-state index in [1.165, 1.54) is 0 Å². The van der Waals surface area contributed by atoms with Crippen molar-refractivity contribution >= 4 is 11.6 Å². The summed E-state index contributed by atoms with van der Waals surface area (Å²) in [5.41, 5.74) is 2.63. The first-order valence-corrected chi connectivity index (χ1v) is 9.72. The molecular formula is C22H26N2O3. The number of nitrogens with zero attached hydrogens (tertiary/aromatic N) is 1. The molecule has 5 heteroatoms. The van der Waals surface area contributed by atoms with Crippen molar-refractivity contribution in [3.8, 4) is 11.5 Å². The van der Waals surface area contributed by atoms with Crippen LogP contribution in [-0.2, 0) is 0 Å². The fraction of sp³-hybridized carbons (Fsp3) is 0.409. The zero-order chi connectivity index (χ0) is 18.8. The zero-order valence-electron chi connectivity index (χ0n) is 15.9. The number of anilines is 1. The molecule has 0 unspecified atom stereocenters. The summed E-state index contributed by atoms with van der Waals surface area (Å²) in [4.78, 5) is 15.1. The third-order valence-electron chi connectivity index (χ3n) is 5.16. The number of hydrogen-bond acceptors (Lipinski definition) is 4. The Morgan fingerprint density at radius 3 is 2.70 bits per heavy atom. The molecule has 1 amide bonds. The number of hydrogen-bond donors (Lipinski definition) is 1. The molecule has 2 aliphatic rings. The van der Waals surface area contributed by atoms with Crippen molar-refractivity contribution in [2.24, 2.45) is 0 Å². The molecule has 0 radical (unpaired) electrons. The number of fused-ring (bicyclic) bond motifs is 1. The van der Waals surface area contributed by atoms with Gasteiger partial charge in [-0.05, 0) is 49.1 Å². The number of methoxy groups -OCH3 is 1. The van der Waals surface area contributed by atoms with Crippen LogP contribution in [0.15, 0.2) is 42.5 Å². The van der Waals surface area contributed by atoms with E-state index < -0.39 is 0 Å². The van der Waals surface area contributed by atoms with E-state index in [0.29, 0.717) is 18.4 Å². The molecule has 1 heterocycles. The quantitative estimate of drug-likeness (QED) is 0.728. The van der Waals surface area contributed by atoms with Crippen LogP contribution in [-0.4, -0.2) is 30.6 Å². The highest BCUT2D eigenvalue weighted by atomic mass is 16.5. The van der Waals surface area contributed by atoms with Gasteiger partial charge in [0.05, 0.1) is 19.3 Å². The molecule has 2 aromatic rings. The Kier molecular flexibility index (Phi) is 4.92. The summed E-state index contributed by atoms with van der Waals surface area (Å²) in [6.07, 6.45) is 4.02. The third-order valence-corrected chi connectivity index (χ3v) is 5.16. The van der Waals surface area contributed by atoms with Crippen molar-refractivity contribution in [2.75, 3.05) is 19.0 Å². The van der Waals surface area contributed by atoms with E-state index in [-0.39, 0.29) is 12.1 Å². The lowest BCUT2D eigenvalue weighted by Gasteiger charge is -2.38. The van der Waals surface area contributed by atoms with Crippen LogP contribution in [0.4, 0.5) is 5.69 Å². The lowest BCUT2D eigenvalue weighted by Crippen LogP contribution is -2.44. The van der Waals surface area contributed by atoms with Gasteiger partial charge in [-0.25, -0.2) is 0 Å². The Bertz CT molecular complexity index is 832. The highest BCUT2D eigenvalue weighted by Crippen LogP contribution is 2.42. The number of para-hydroxylation sites is 1. The lowest BCUT2D eigenvalue weighted by atomic mass is 10.0. The molecule has 1 saturated carbocycles. The fourth-order valence-corrected chi connectivity index (χ4v) is 3.54. The van der Waals surface area contributed by atoms with E-state index in [1.807, 2.05) is 47.4 Å². The van der Waals surface area contributed by atoms with Gasteiger partial charge in [0.1, 0.15) is 6.17 Å². The predicted octanol–water partition coefficient (Wildman–Crippen LogP) is 4.60. The van der Waals surface area contributed by atoms with E-state index in [4.69, 9.17) is 9.47 Å². The molecule has 1 N–H and O–H groups in total. The van der Waals surface area contributed by atoms with Gasteiger partial charge in [-0.15, -0.1) is 0 Å². The van der Waals surface area contributed by atoms with Crippen LogP contribution >= 0.6 is 0 Å². The van der Waals surface area contributed by atoms with Crippen molar-refractivity contribution in [2.45, 2.75) is 44.8 Å². The molecule has 0 saturated heterocycles. The number of ether oxygens (including phenoxy) is 2. The molecule has 1 fully saturated rings. The average molecular weight is 366 g/mol. The van der Waals surface area contributed by atoms with Crippen molar-refractivity contribution in [3.05, 3.63) is 53.6 Å². The number of carbonyl (C=O) groups is 1. The standard InChI is InChI=1S/C22H26N2O3/c1-3-4-13-27-19-12-9-15(14-20(19)26-2)21-23-18-8-6-5-7-17(18)22(25)24(21)16-10-11-16/h5-9,12,14,16,21,23H,3-4,10-11,13H2,1-2H3/t21-/m0/s1. The zero-order valence-corrected chi connectivity index (χ0v) is 15.9. The molecule has 4 rings (SSSR count). The SMILES string of the molecule is CCCCOc1ccc([C@H]2Nc3ccccc3C(=O)N2C2CC2)cc1OC. The van der Waals surface area contributed by atoms with Gasteiger partial charge in [0.2, 0.25) is 0 Å². The molecule has 5 nitrogen and oxygen atoms in total. The lowest BCUT2D eigenvalue weighted by molar-refractivity contribution is 0.0666. The summed E-state index contributed by atoms with van der Waals surface area (Å²) in [6.45, 7) is 2.81. The van der Waals surface area contributed by atoms with Crippen LogP contribution in [0.1, 0.15) is 54.7 Å². The molecule has 2 aromatic carbocycles. The van der Waals surface area contributed by atoms with Crippen molar-refractivity contribution in [1.82, 2.24) is 4.90 Å². The smallest absolute Gasteiger partial charge is 0.258 e.